The minimum Gasteiger partial charge on any atom is -0.292 e. The van der Waals surface area contributed by atoms with Crippen LogP contribution in [0.25, 0.3) is 32.6 Å². The van der Waals surface area contributed by atoms with Crippen LogP contribution in [0.1, 0.15) is 26.5 Å². The van der Waals surface area contributed by atoms with Crippen LogP contribution in [-0.2, 0) is 0 Å². The van der Waals surface area contributed by atoms with Gasteiger partial charge in [0.2, 0.25) is 0 Å². The molecular formula is C27H14Cl2N2O2S. The molecule has 2 heterocycles. The maximum absolute atomic E-state index is 13.2. The highest BCUT2D eigenvalue weighted by Crippen LogP contribution is 2.39. The summed E-state index contributed by atoms with van der Waals surface area (Å²) in [5, 5.41) is 0.419. The van der Waals surface area contributed by atoms with E-state index in [0.717, 1.165) is 26.5 Å². The lowest BCUT2D eigenvalue weighted by Gasteiger charge is -2.07. The van der Waals surface area contributed by atoms with Gasteiger partial charge in [0, 0.05) is 10.6 Å². The summed E-state index contributed by atoms with van der Waals surface area (Å²) in [6.45, 7) is 0. The van der Waals surface area contributed by atoms with Crippen molar-refractivity contribution in [2.24, 2.45) is 0 Å². The molecule has 0 N–H and O–H groups in total. The standard InChI is InChI=1S/C27H14Cl2N2O2S/c28-18-11-12-19(29)24-23(18)25(32)17(26(24)33)13-22-30-27-20(31(22)16-9-5-2-6-10-16)14-21(34-27)15-7-3-1-4-8-15/h1-14H. The van der Waals surface area contributed by atoms with Gasteiger partial charge in [0.05, 0.1) is 32.3 Å². The Labute approximate surface area is 208 Å². The molecule has 3 aromatic carbocycles. The van der Waals surface area contributed by atoms with Gasteiger partial charge >= 0.3 is 0 Å². The molecule has 0 amide bonds. The molecule has 0 saturated heterocycles. The van der Waals surface area contributed by atoms with Crippen molar-refractivity contribution in [3.05, 3.63) is 111 Å². The fourth-order valence-corrected chi connectivity index (χ4v) is 5.72. The van der Waals surface area contributed by atoms with E-state index in [1.807, 2.05) is 53.1 Å². The molecule has 0 spiro atoms. The Hall–Kier alpha value is -3.51. The molecule has 1 aliphatic carbocycles. The number of rotatable bonds is 3. The van der Waals surface area contributed by atoms with Gasteiger partial charge in [-0.05, 0) is 42.0 Å². The molecule has 0 fully saturated rings. The van der Waals surface area contributed by atoms with Gasteiger partial charge < -0.3 is 0 Å². The molecule has 0 aliphatic heterocycles. The Balaban J connectivity index is 1.55. The normalized spacial score (nSPS) is 13.1. The van der Waals surface area contributed by atoms with Gasteiger partial charge in [-0.1, -0.05) is 71.7 Å². The van der Waals surface area contributed by atoms with E-state index >= 15 is 0 Å². The lowest BCUT2D eigenvalue weighted by Crippen LogP contribution is -2.04. The number of hydrogen-bond acceptors (Lipinski definition) is 4. The maximum atomic E-state index is 13.2. The Kier molecular flexibility index (Phi) is 4.99. The summed E-state index contributed by atoms with van der Waals surface area (Å²) < 4.78 is 1.96. The quantitative estimate of drug-likeness (QED) is 0.190. The molecule has 0 unspecified atom stereocenters. The van der Waals surface area contributed by atoms with E-state index in [4.69, 9.17) is 28.2 Å². The Morgan fingerprint density at radius 3 is 2.00 bits per heavy atom. The molecule has 164 valence electrons. The van der Waals surface area contributed by atoms with Crippen LogP contribution in [-0.4, -0.2) is 21.1 Å². The SMILES string of the molecule is O=C1C(=Cc2nc3sc(-c4ccccc4)cc3n2-c2ccccc2)C(=O)c2c(Cl)ccc(Cl)c21. The smallest absolute Gasteiger partial charge is 0.199 e. The van der Waals surface area contributed by atoms with Gasteiger partial charge in [-0.3, -0.25) is 14.2 Å². The topological polar surface area (TPSA) is 52.0 Å². The monoisotopic (exact) mass is 500 g/mol. The van der Waals surface area contributed by atoms with E-state index in [1.165, 1.54) is 12.1 Å². The van der Waals surface area contributed by atoms with Gasteiger partial charge in [-0.15, -0.1) is 11.3 Å². The van der Waals surface area contributed by atoms with Crippen molar-refractivity contribution in [3.8, 4) is 16.1 Å². The molecule has 5 aromatic rings. The molecule has 2 aromatic heterocycles. The van der Waals surface area contributed by atoms with Crippen LogP contribution in [0.15, 0.2) is 84.4 Å². The average Bonchev–Trinajstić information content (AvgIpc) is 3.49. The van der Waals surface area contributed by atoms with Crippen molar-refractivity contribution in [1.82, 2.24) is 9.55 Å². The molecule has 6 rings (SSSR count). The zero-order valence-electron chi connectivity index (χ0n) is 17.5. The number of halogens is 2. The van der Waals surface area contributed by atoms with Crippen LogP contribution in [0.5, 0.6) is 0 Å². The van der Waals surface area contributed by atoms with Gasteiger partial charge in [0.1, 0.15) is 10.7 Å². The van der Waals surface area contributed by atoms with Crippen molar-refractivity contribution in [1.29, 1.82) is 0 Å². The Morgan fingerprint density at radius 2 is 1.38 bits per heavy atom. The van der Waals surface area contributed by atoms with Gasteiger partial charge in [0.25, 0.3) is 0 Å². The fraction of sp³-hybridized carbons (Fsp3) is 0. The molecule has 0 atom stereocenters. The third-order valence-corrected chi connectivity index (χ3v) is 7.47. The van der Waals surface area contributed by atoms with Crippen molar-refractivity contribution in [2.45, 2.75) is 0 Å². The second-order valence-corrected chi connectivity index (χ2v) is 9.65. The van der Waals surface area contributed by atoms with Crippen LogP contribution in [0.3, 0.4) is 0 Å². The summed E-state index contributed by atoms with van der Waals surface area (Å²) in [4.78, 5) is 33.0. The first-order valence-corrected chi connectivity index (χ1v) is 12.0. The van der Waals surface area contributed by atoms with Gasteiger partial charge in [0.15, 0.2) is 11.6 Å². The number of Topliss-reactive ketones (excluding diaryl/α,β-unsaturated/α-hetero) is 2. The van der Waals surface area contributed by atoms with Crippen LogP contribution in [0, 0.1) is 0 Å². The van der Waals surface area contributed by atoms with E-state index < -0.39 is 11.6 Å². The number of allylic oxidation sites excluding steroid dienone is 1. The van der Waals surface area contributed by atoms with Crippen LogP contribution >= 0.6 is 34.5 Å². The number of ketones is 2. The number of imidazole rings is 1. The Bertz CT molecular complexity index is 1610. The molecule has 7 heteroatoms. The van der Waals surface area contributed by atoms with E-state index in [9.17, 15) is 9.59 Å². The highest BCUT2D eigenvalue weighted by atomic mass is 35.5. The highest BCUT2D eigenvalue weighted by molar-refractivity contribution is 7.21. The molecule has 0 radical (unpaired) electrons. The van der Waals surface area contributed by atoms with Gasteiger partial charge in [-0.2, -0.15) is 0 Å². The fourth-order valence-electron chi connectivity index (χ4n) is 4.21. The molecule has 34 heavy (non-hydrogen) atoms. The summed E-state index contributed by atoms with van der Waals surface area (Å²) >= 11 is 14.0. The number of thiophene rings is 1. The third-order valence-electron chi connectivity index (χ3n) is 5.77. The van der Waals surface area contributed by atoms with E-state index in [0.29, 0.717) is 5.82 Å². The van der Waals surface area contributed by atoms with E-state index in [1.54, 1.807) is 17.4 Å². The van der Waals surface area contributed by atoms with Crippen molar-refractivity contribution < 1.29 is 9.59 Å². The van der Waals surface area contributed by atoms with E-state index in [2.05, 4.69) is 18.2 Å². The summed E-state index contributed by atoms with van der Waals surface area (Å²) in [6, 6.07) is 25.0. The third kappa shape index (κ3) is 3.24. The molecule has 1 aliphatic rings. The number of carbonyl (C=O) groups is 2. The number of carbonyl (C=O) groups excluding carboxylic acids is 2. The van der Waals surface area contributed by atoms with Gasteiger partial charge in [-0.25, -0.2) is 4.98 Å². The number of para-hydroxylation sites is 1. The first-order chi connectivity index (χ1) is 16.5. The number of nitrogens with zero attached hydrogens (tertiary/aromatic N) is 2. The summed E-state index contributed by atoms with van der Waals surface area (Å²) in [5.74, 6) is -0.393. The average molecular weight is 501 g/mol. The summed E-state index contributed by atoms with van der Waals surface area (Å²) in [6.07, 6.45) is 1.54. The number of benzene rings is 3. The summed E-state index contributed by atoms with van der Waals surface area (Å²) in [7, 11) is 0. The second kappa shape index (κ2) is 8.06. The molecule has 4 nitrogen and oxygen atoms in total. The van der Waals surface area contributed by atoms with Crippen LogP contribution in [0.4, 0.5) is 0 Å². The van der Waals surface area contributed by atoms with Crippen molar-refractivity contribution in [2.75, 3.05) is 0 Å². The second-order valence-electron chi connectivity index (χ2n) is 7.80. The molecule has 0 bridgehead atoms. The zero-order chi connectivity index (χ0) is 23.4. The highest BCUT2D eigenvalue weighted by Gasteiger charge is 2.37. The van der Waals surface area contributed by atoms with Crippen LogP contribution in [0.2, 0.25) is 10.0 Å². The lowest BCUT2D eigenvalue weighted by molar-refractivity contribution is 0.0990. The number of hydrogen-bond donors (Lipinski definition) is 0. The van der Waals surface area contributed by atoms with E-state index in [-0.39, 0.29) is 26.7 Å². The van der Waals surface area contributed by atoms with Crippen molar-refractivity contribution >= 4 is 62.5 Å². The minimum atomic E-state index is -0.441. The predicted octanol–water partition coefficient (Wildman–Crippen LogP) is 7.52. The number of aromatic nitrogens is 2. The molecular weight excluding hydrogens is 487 g/mol. The number of fused-ring (bicyclic) bond motifs is 2. The lowest BCUT2D eigenvalue weighted by atomic mass is 10.1. The van der Waals surface area contributed by atoms with Crippen LogP contribution < -0.4 is 0 Å². The summed E-state index contributed by atoms with van der Waals surface area (Å²) in [5.41, 5.74) is 3.18. The first-order valence-electron chi connectivity index (χ1n) is 10.4. The largest absolute Gasteiger partial charge is 0.292 e. The van der Waals surface area contributed by atoms with Crippen molar-refractivity contribution in [3.63, 3.8) is 0 Å². The predicted molar refractivity (Wildman–Crippen MR) is 137 cm³/mol. The molecule has 0 saturated carbocycles. The Morgan fingerprint density at radius 1 is 0.794 bits per heavy atom. The zero-order valence-corrected chi connectivity index (χ0v) is 19.8. The first kappa shape index (κ1) is 21.1. The minimum absolute atomic E-state index is 0.00289. The maximum Gasteiger partial charge on any atom is 0.199 e.